The molecule has 0 radical (unpaired) electrons. The van der Waals surface area contributed by atoms with Gasteiger partial charge in [-0.1, -0.05) is 172 Å². The Morgan fingerprint density at radius 2 is 0.935 bits per heavy atom. The van der Waals surface area contributed by atoms with E-state index in [1.807, 2.05) is 0 Å². The van der Waals surface area contributed by atoms with Crippen LogP contribution in [0.1, 0.15) is 47.7 Å². The van der Waals surface area contributed by atoms with Gasteiger partial charge in [0.15, 0.2) is 0 Å². The highest BCUT2D eigenvalue weighted by Gasteiger charge is 2.27. The van der Waals surface area contributed by atoms with Gasteiger partial charge >= 0.3 is 0 Å². The lowest BCUT2D eigenvalue weighted by Gasteiger charge is -2.34. The van der Waals surface area contributed by atoms with Crippen molar-refractivity contribution in [2.45, 2.75) is 25.3 Å². The van der Waals surface area contributed by atoms with Crippen LogP contribution in [0.3, 0.4) is 0 Å². The Hall–Kier alpha value is -5.47. The van der Waals surface area contributed by atoms with Crippen molar-refractivity contribution in [3.05, 3.63) is 198 Å². The Morgan fingerprint density at radius 1 is 0.478 bits per heavy atom. The smallest absolute Gasteiger partial charge is 0.137 e. The molecule has 0 saturated heterocycles. The minimum atomic E-state index is -0.162. The van der Waals surface area contributed by atoms with Crippen molar-refractivity contribution >= 4 is 11.5 Å². The zero-order valence-corrected chi connectivity index (χ0v) is 26.6. The molecule has 2 heteroatoms. The summed E-state index contributed by atoms with van der Waals surface area (Å²) in [6.45, 7) is 4.61. The molecule has 0 fully saturated rings. The maximum Gasteiger partial charge on any atom is 0.137 e. The SMILES string of the molecule is CN1C(c2ccc(C(C)(C)c3ccc(-c4cccc(-c5ccccc5)c4)cc3)cc2)=NC(c2ccccc2)=CC1c1ccccc1. The summed E-state index contributed by atoms with van der Waals surface area (Å²) >= 11 is 0. The molecule has 1 heterocycles. The fraction of sp³-hybridized carbons (Fsp3) is 0.114. The number of aliphatic imine (C=N–C) groups is 1. The molecule has 46 heavy (non-hydrogen) atoms. The zero-order valence-electron chi connectivity index (χ0n) is 26.6. The summed E-state index contributed by atoms with van der Waals surface area (Å²) in [5.74, 6) is 0.974. The fourth-order valence-corrected chi connectivity index (χ4v) is 6.42. The molecule has 0 aromatic heterocycles. The van der Waals surface area contributed by atoms with Gasteiger partial charge in [0.05, 0.1) is 11.7 Å². The second-order valence-corrected chi connectivity index (χ2v) is 12.5. The number of hydrogen-bond donors (Lipinski definition) is 0. The molecule has 1 aliphatic heterocycles. The van der Waals surface area contributed by atoms with Crippen LogP contribution in [-0.2, 0) is 5.41 Å². The topological polar surface area (TPSA) is 15.6 Å². The van der Waals surface area contributed by atoms with E-state index in [1.54, 1.807) is 0 Å². The number of likely N-dealkylation sites (N-methyl/N-ethyl adjacent to an activating group) is 1. The van der Waals surface area contributed by atoms with Crippen LogP contribution < -0.4 is 0 Å². The van der Waals surface area contributed by atoms with Gasteiger partial charge in [0.1, 0.15) is 5.84 Å². The van der Waals surface area contributed by atoms with E-state index in [4.69, 9.17) is 4.99 Å². The third kappa shape index (κ3) is 5.82. The Kier molecular flexibility index (Phi) is 7.95. The number of amidine groups is 1. The summed E-state index contributed by atoms with van der Waals surface area (Å²) in [5, 5.41) is 0. The highest BCUT2D eigenvalue weighted by Crippen LogP contribution is 2.36. The molecule has 0 saturated carbocycles. The van der Waals surface area contributed by atoms with Crippen molar-refractivity contribution in [1.82, 2.24) is 4.90 Å². The first-order valence-corrected chi connectivity index (χ1v) is 16.0. The predicted octanol–water partition coefficient (Wildman–Crippen LogP) is 10.8. The second kappa shape index (κ2) is 12.5. The van der Waals surface area contributed by atoms with E-state index in [1.165, 1.54) is 38.9 Å². The van der Waals surface area contributed by atoms with Crippen molar-refractivity contribution in [3.8, 4) is 22.3 Å². The van der Waals surface area contributed by atoms with Gasteiger partial charge in [0, 0.05) is 18.0 Å². The molecule has 1 atom stereocenters. The third-order valence-corrected chi connectivity index (χ3v) is 9.28. The van der Waals surface area contributed by atoms with Gasteiger partial charge in [0.2, 0.25) is 0 Å². The lowest BCUT2D eigenvalue weighted by Crippen LogP contribution is -2.33. The van der Waals surface area contributed by atoms with Gasteiger partial charge in [-0.15, -0.1) is 0 Å². The highest BCUT2D eigenvalue weighted by molar-refractivity contribution is 6.03. The van der Waals surface area contributed by atoms with Gasteiger partial charge in [-0.25, -0.2) is 4.99 Å². The molecule has 1 aliphatic rings. The summed E-state index contributed by atoms with van der Waals surface area (Å²) in [6, 6.07) is 58.6. The first-order valence-electron chi connectivity index (χ1n) is 16.0. The summed E-state index contributed by atoms with van der Waals surface area (Å²) in [4.78, 5) is 7.48. The Labute approximate surface area is 273 Å². The summed E-state index contributed by atoms with van der Waals surface area (Å²) < 4.78 is 0. The summed E-state index contributed by atoms with van der Waals surface area (Å²) in [6.07, 6.45) is 2.27. The lowest BCUT2D eigenvalue weighted by atomic mass is 9.77. The van der Waals surface area contributed by atoms with Gasteiger partial charge in [-0.05, 0) is 56.6 Å². The first kappa shape index (κ1) is 29.3. The maximum absolute atomic E-state index is 5.20. The molecular formula is C44H38N2. The number of rotatable bonds is 7. The molecule has 0 spiro atoms. The van der Waals surface area contributed by atoms with Crippen LogP contribution in [0, 0.1) is 0 Å². The van der Waals surface area contributed by atoms with Crippen LogP contribution in [-0.4, -0.2) is 17.8 Å². The van der Waals surface area contributed by atoms with Gasteiger partial charge in [-0.3, -0.25) is 0 Å². The molecule has 0 bridgehead atoms. The van der Waals surface area contributed by atoms with Crippen LogP contribution >= 0.6 is 0 Å². The van der Waals surface area contributed by atoms with E-state index in [9.17, 15) is 0 Å². The monoisotopic (exact) mass is 594 g/mol. The second-order valence-electron chi connectivity index (χ2n) is 12.5. The maximum atomic E-state index is 5.20. The van der Waals surface area contributed by atoms with Gasteiger partial charge < -0.3 is 4.90 Å². The summed E-state index contributed by atoms with van der Waals surface area (Å²) in [7, 11) is 2.14. The standard InChI is InChI=1S/C44H38N2/c1-44(2,39-26-22-33(23-27-39)38-21-13-20-37(30-38)32-14-7-4-8-15-32)40-28-24-36(25-29-40)43-45-41(34-16-9-5-10-17-34)31-42(46(43)3)35-18-11-6-12-19-35/h4-31,42H,1-3H3. The quantitative estimate of drug-likeness (QED) is 0.179. The Morgan fingerprint density at radius 3 is 1.50 bits per heavy atom. The Balaban J connectivity index is 1.16. The number of benzene rings is 6. The average molecular weight is 595 g/mol. The minimum absolute atomic E-state index is 0.0897. The van der Waals surface area contributed by atoms with Crippen molar-refractivity contribution in [2.75, 3.05) is 7.05 Å². The number of hydrogen-bond acceptors (Lipinski definition) is 2. The van der Waals surface area contributed by atoms with Crippen molar-refractivity contribution in [3.63, 3.8) is 0 Å². The normalized spacial score (nSPS) is 14.8. The van der Waals surface area contributed by atoms with Crippen LogP contribution in [0.25, 0.3) is 28.0 Å². The predicted molar refractivity (Wildman–Crippen MR) is 194 cm³/mol. The van der Waals surface area contributed by atoms with E-state index < -0.39 is 0 Å². The van der Waals surface area contributed by atoms with E-state index in [0.717, 1.165) is 22.7 Å². The first-order chi connectivity index (χ1) is 22.5. The van der Waals surface area contributed by atoms with Gasteiger partial charge in [-0.2, -0.15) is 0 Å². The molecule has 0 N–H and O–H groups in total. The largest absolute Gasteiger partial charge is 0.349 e. The van der Waals surface area contributed by atoms with E-state index in [-0.39, 0.29) is 11.5 Å². The fourth-order valence-electron chi connectivity index (χ4n) is 6.42. The third-order valence-electron chi connectivity index (χ3n) is 9.28. The minimum Gasteiger partial charge on any atom is -0.349 e. The molecule has 1 unspecified atom stereocenters. The molecule has 6 aromatic carbocycles. The van der Waals surface area contributed by atoms with E-state index >= 15 is 0 Å². The van der Waals surface area contributed by atoms with Crippen LogP contribution in [0.2, 0.25) is 0 Å². The number of nitrogens with zero attached hydrogens (tertiary/aromatic N) is 2. The highest BCUT2D eigenvalue weighted by atomic mass is 15.2. The van der Waals surface area contributed by atoms with Crippen molar-refractivity contribution in [1.29, 1.82) is 0 Å². The molecular weight excluding hydrogens is 556 g/mol. The molecule has 0 aliphatic carbocycles. The van der Waals surface area contributed by atoms with Crippen molar-refractivity contribution in [2.24, 2.45) is 4.99 Å². The van der Waals surface area contributed by atoms with Gasteiger partial charge in [0.25, 0.3) is 0 Å². The molecule has 224 valence electrons. The van der Waals surface area contributed by atoms with Crippen molar-refractivity contribution < 1.29 is 0 Å². The molecule has 2 nitrogen and oxygen atoms in total. The van der Waals surface area contributed by atoms with E-state index in [0.29, 0.717) is 0 Å². The summed E-state index contributed by atoms with van der Waals surface area (Å²) in [5.41, 5.74) is 11.8. The molecule has 7 rings (SSSR count). The lowest BCUT2D eigenvalue weighted by molar-refractivity contribution is 0.435. The zero-order chi connectivity index (χ0) is 31.5. The van der Waals surface area contributed by atoms with E-state index in [2.05, 4.69) is 196 Å². The van der Waals surface area contributed by atoms with Crippen LogP contribution in [0.4, 0.5) is 0 Å². The van der Waals surface area contributed by atoms with Crippen LogP contribution in [0.5, 0.6) is 0 Å². The molecule has 0 amide bonds. The Bertz CT molecular complexity index is 1990. The average Bonchev–Trinajstić information content (AvgIpc) is 3.13. The van der Waals surface area contributed by atoms with Crippen LogP contribution in [0.15, 0.2) is 175 Å². The molecule has 6 aromatic rings.